The second-order valence-corrected chi connectivity index (χ2v) is 7.73. The summed E-state index contributed by atoms with van der Waals surface area (Å²) in [5.41, 5.74) is 6.42. The molecule has 2 aromatic carbocycles. The Balaban J connectivity index is 1.54. The first-order valence-electron chi connectivity index (χ1n) is 9.17. The van der Waals surface area contributed by atoms with E-state index in [9.17, 15) is 18.0 Å². The first kappa shape index (κ1) is 20.9. The number of alkyl halides is 3. The Bertz CT molecular complexity index is 1240. The average molecular weight is 447 g/mol. The summed E-state index contributed by atoms with van der Waals surface area (Å²) in [4.78, 5) is 16.0. The van der Waals surface area contributed by atoms with Crippen LogP contribution in [0.3, 0.4) is 0 Å². The van der Waals surface area contributed by atoms with Gasteiger partial charge in [0.25, 0.3) is 0 Å². The topological polar surface area (TPSA) is 107 Å². The van der Waals surface area contributed by atoms with Crippen molar-refractivity contribution in [1.29, 1.82) is 0 Å². The molecule has 0 unspecified atom stereocenters. The van der Waals surface area contributed by atoms with E-state index in [0.29, 0.717) is 22.0 Å². The van der Waals surface area contributed by atoms with Crippen LogP contribution >= 0.6 is 11.3 Å². The van der Waals surface area contributed by atoms with Gasteiger partial charge in [0, 0.05) is 0 Å². The summed E-state index contributed by atoms with van der Waals surface area (Å²) >= 11 is 1.39. The van der Waals surface area contributed by atoms with Gasteiger partial charge in [-0.25, -0.2) is 4.98 Å². The number of rotatable bonds is 6. The van der Waals surface area contributed by atoms with Gasteiger partial charge in [-0.05, 0) is 35.4 Å². The second-order valence-electron chi connectivity index (χ2n) is 6.62. The molecule has 0 aliphatic heterocycles. The summed E-state index contributed by atoms with van der Waals surface area (Å²) in [5, 5.41) is 10.9. The van der Waals surface area contributed by atoms with Gasteiger partial charge in [-0.3, -0.25) is 4.79 Å². The number of carbonyl (C=O) groups is 1. The molecule has 2 aromatic heterocycles. The van der Waals surface area contributed by atoms with Crippen molar-refractivity contribution in [3.05, 3.63) is 64.8 Å². The van der Waals surface area contributed by atoms with Gasteiger partial charge < -0.3 is 15.5 Å². The molecule has 31 heavy (non-hydrogen) atoms. The molecule has 0 bridgehead atoms. The van der Waals surface area contributed by atoms with Crippen molar-refractivity contribution in [2.45, 2.75) is 19.0 Å². The van der Waals surface area contributed by atoms with Crippen molar-refractivity contribution in [3.63, 3.8) is 0 Å². The molecule has 0 spiro atoms. The molecule has 0 saturated heterocycles. The van der Waals surface area contributed by atoms with Crippen LogP contribution in [-0.4, -0.2) is 27.8 Å². The van der Waals surface area contributed by atoms with Crippen molar-refractivity contribution < 1.29 is 22.4 Å². The van der Waals surface area contributed by atoms with Crippen molar-refractivity contribution in [2.75, 3.05) is 6.67 Å². The number of carbonyl (C=O) groups excluding carboxylic acids is 1. The van der Waals surface area contributed by atoms with E-state index in [-0.39, 0.29) is 31.3 Å². The number of amides is 1. The summed E-state index contributed by atoms with van der Waals surface area (Å²) in [5.74, 6) is 0.168. The van der Waals surface area contributed by atoms with E-state index in [4.69, 9.17) is 10.2 Å². The minimum Gasteiger partial charge on any atom is -0.424 e. The van der Waals surface area contributed by atoms with Crippen LogP contribution in [0.2, 0.25) is 0 Å². The molecule has 0 aliphatic rings. The van der Waals surface area contributed by atoms with Gasteiger partial charge in [-0.1, -0.05) is 18.2 Å². The van der Waals surface area contributed by atoms with E-state index in [2.05, 4.69) is 20.5 Å². The number of thiazole rings is 1. The maximum atomic E-state index is 13.0. The molecule has 3 N–H and O–H groups in total. The summed E-state index contributed by atoms with van der Waals surface area (Å²) in [7, 11) is 0. The number of hydrogen-bond acceptors (Lipinski definition) is 7. The lowest BCUT2D eigenvalue weighted by Crippen LogP contribution is -2.30. The zero-order valence-electron chi connectivity index (χ0n) is 15.9. The number of halogens is 3. The number of nitrogens with two attached hydrogens (primary N) is 1. The number of nitrogens with one attached hydrogen (secondary N) is 1. The minimum atomic E-state index is -4.40. The summed E-state index contributed by atoms with van der Waals surface area (Å²) < 4.78 is 45.3. The maximum Gasteiger partial charge on any atom is 0.416 e. The molecular formula is C20H16F3N5O2S. The highest BCUT2D eigenvalue weighted by Gasteiger charge is 2.30. The highest BCUT2D eigenvalue weighted by molar-refractivity contribution is 7.18. The van der Waals surface area contributed by atoms with Gasteiger partial charge in [-0.15, -0.1) is 21.5 Å². The molecule has 0 fully saturated rings. The van der Waals surface area contributed by atoms with E-state index in [0.717, 1.165) is 22.3 Å². The normalized spacial score (nSPS) is 11.7. The van der Waals surface area contributed by atoms with Gasteiger partial charge in [0.1, 0.15) is 11.4 Å². The molecule has 4 aromatic rings. The highest BCUT2D eigenvalue weighted by Crippen LogP contribution is 2.34. The number of aromatic nitrogens is 3. The Kier molecular flexibility index (Phi) is 5.70. The summed E-state index contributed by atoms with van der Waals surface area (Å²) in [6.07, 6.45) is -4.18. The largest absolute Gasteiger partial charge is 0.424 e. The lowest BCUT2D eigenvalue weighted by molar-refractivity contribution is -0.137. The van der Waals surface area contributed by atoms with Crippen molar-refractivity contribution in [3.8, 4) is 11.1 Å². The molecule has 0 atom stereocenters. The molecule has 0 aliphatic carbocycles. The predicted octanol–water partition coefficient (Wildman–Crippen LogP) is 3.53. The minimum absolute atomic E-state index is 0.0218. The fraction of sp³-hybridized carbons (Fsp3) is 0.200. The average Bonchev–Trinajstić information content (AvgIpc) is 3.33. The maximum absolute atomic E-state index is 13.0. The summed E-state index contributed by atoms with van der Waals surface area (Å²) in [6, 6.07) is 10.5. The fourth-order valence-corrected chi connectivity index (χ4v) is 3.97. The first-order chi connectivity index (χ1) is 14.8. The molecule has 160 valence electrons. The molecule has 1 amide bonds. The Morgan fingerprint density at radius 1 is 1.10 bits per heavy atom. The first-order valence-corrected chi connectivity index (χ1v) is 9.98. The van der Waals surface area contributed by atoms with Crippen LogP contribution in [0.4, 0.5) is 13.2 Å². The molecule has 0 saturated carbocycles. The quantitative estimate of drug-likeness (QED) is 0.438. The van der Waals surface area contributed by atoms with Crippen LogP contribution in [0.25, 0.3) is 21.3 Å². The van der Waals surface area contributed by atoms with Gasteiger partial charge in [0.2, 0.25) is 17.7 Å². The van der Waals surface area contributed by atoms with E-state index in [1.54, 1.807) is 18.2 Å². The fourth-order valence-electron chi connectivity index (χ4n) is 2.98. The van der Waals surface area contributed by atoms with E-state index in [1.165, 1.54) is 17.4 Å². The van der Waals surface area contributed by atoms with Gasteiger partial charge in [-0.2, -0.15) is 13.2 Å². The van der Waals surface area contributed by atoms with E-state index < -0.39 is 11.7 Å². The third-order valence-electron chi connectivity index (χ3n) is 4.38. The zero-order valence-corrected chi connectivity index (χ0v) is 16.8. The Hall–Kier alpha value is -3.31. The van der Waals surface area contributed by atoms with E-state index in [1.807, 2.05) is 6.07 Å². The predicted molar refractivity (Wildman–Crippen MR) is 108 cm³/mol. The Morgan fingerprint density at radius 3 is 2.65 bits per heavy atom. The lowest BCUT2D eigenvalue weighted by Gasteiger charge is -2.08. The van der Waals surface area contributed by atoms with Crippen LogP contribution in [0, 0.1) is 0 Å². The monoisotopic (exact) mass is 447 g/mol. The molecule has 7 nitrogen and oxygen atoms in total. The number of hydrogen-bond donors (Lipinski definition) is 2. The zero-order chi connectivity index (χ0) is 22.0. The summed E-state index contributed by atoms with van der Waals surface area (Å²) in [6.45, 7) is 0.0218. The second kappa shape index (κ2) is 8.44. The van der Waals surface area contributed by atoms with Crippen molar-refractivity contribution in [1.82, 2.24) is 20.5 Å². The Labute approximate surface area is 178 Å². The molecule has 11 heteroatoms. The molecule has 2 heterocycles. The van der Waals surface area contributed by atoms with Crippen molar-refractivity contribution in [2.24, 2.45) is 5.73 Å². The van der Waals surface area contributed by atoms with Crippen LogP contribution in [0.1, 0.15) is 22.4 Å². The Morgan fingerprint density at radius 2 is 1.87 bits per heavy atom. The van der Waals surface area contributed by atoms with Crippen LogP contribution in [-0.2, 0) is 23.8 Å². The standard InChI is InChI=1S/C20H16F3N5O2S/c21-20(22,23)13-3-1-2-11(6-13)12-4-5-14-15(7-12)31-19(26-14)9-18-28-27-17(30-18)8-16(29)25-10-24/h1-7H,8-10,24H2,(H,25,29). The molecule has 0 radical (unpaired) electrons. The van der Waals surface area contributed by atoms with Crippen LogP contribution < -0.4 is 11.1 Å². The molecule has 4 rings (SSSR count). The third-order valence-corrected chi connectivity index (χ3v) is 5.40. The van der Waals surface area contributed by atoms with E-state index >= 15 is 0 Å². The number of benzene rings is 2. The number of fused-ring (bicyclic) bond motifs is 1. The number of nitrogens with zero attached hydrogens (tertiary/aromatic N) is 3. The van der Waals surface area contributed by atoms with Gasteiger partial charge in [0.15, 0.2) is 0 Å². The van der Waals surface area contributed by atoms with Gasteiger partial charge >= 0.3 is 6.18 Å². The lowest BCUT2D eigenvalue weighted by atomic mass is 10.0. The SMILES string of the molecule is NCNC(=O)Cc1nnc(Cc2nc3ccc(-c4cccc(C(F)(F)F)c4)cc3s2)o1. The third kappa shape index (κ3) is 4.89. The van der Waals surface area contributed by atoms with Crippen LogP contribution in [0.5, 0.6) is 0 Å². The highest BCUT2D eigenvalue weighted by atomic mass is 32.1. The van der Waals surface area contributed by atoms with Crippen molar-refractivity contribution >= 4 is 27.5 Å². The smallest absolute Gasteiger partial charge is 0.416 e. The molecular weight excluding hydrogens is 431 g/mol. The van der Waals surface area contributed by atoms with Gasteiger partial charge in [0.05, 0.1) is 28.9 Å². The van der Waals surface area contributed by atoms with Crippen LogP contribution in [0.15, 0.2) is 46.9 Å².